The van der Waals surface area contributed by atoms with Crippen LogP contribution in [0.25, 0.3) is 6.08 Å². The van der Waals surface area contributed by atoms with Gasteiger partial charge in [-0.15, -0.1) is 0 Å². The molecule has 21 heavy (non-hydrogen) atoms. The quantitative estimate of drug-likeness (QED) is 0.758. The zero-order chi connectivity index (χ0) is 15.2. The molecule has 7 heteroatoms. The normalized spacial score (nSPS) is 18.9. The van der Waals surface area contributed by atoms with Gasteiger partial charge in [0.2, 0.25) is 0 Å². The number of aromatic nitrogens is 1. The predicted molar refractivity (Wildman–Crippen MR) is 73.6 cm³/mol. The molecule has 7 nitrogen and oxygen atoms in total. The van der Waals surface area contributed by atoms with Gasteiger partial charge in [0.15, 0.2) is 0 Å². The van der Waals surface area contributed by atoms with Crippen molar-refractivity contribution in [2.75, 3.05) is 26.4 Å². The molecule has 0 saturated carbocycles. The number of morpholine rings is 1. The Morgan fingerprint density at radius 1 is 1.52 bits per heavy atom. The first-order valence-electron chi connectivity index (χ1n) is 6.49. The van der Waals surface area contributed by atoms with Crippen molar-refractivity contribution in [2.24, 2.45) is 0 Å². The van der Waals surface area contributed by atoms with E-state index in [2.05, 4.69) is 4.98 Å². The second-order valence-electron chi connectivity index (χ2n) is 4.52. The minimum atomic E-state index is -1.10. The number of aliphatic hydroxyl groups is 1. The first-order valence-corrected chi connectivity index (χ1v) is 6.49. The number of nitrogens with zero attached hydrogens (tertiary/aromatic N) is 2. The number of carboxylic acids is 1. The topological polar surface area (TPSA) is 100.0 Å². The smallest absolute Gasteiger partial charge is 0.328 e. The highest BCUT2D eigenvalue weighted by Crippen LogP contribution is 2.15. The Labute approximate surface area is 121 Å². The number of carboxylic acid groups (broad SMARTS) is 1. The number of rotatable bonds is 4. The number of carbonyl (C=O) groups is 2. The van der Waals surface area contributed by atoms with Gasteiger partial charge in [-0.3, -0.25) is 9.78 Å². The molecule has 0 bridgehead atoms. The van der Waals surface area contributed by atoms with Crippen molar-refractivity contribution < 1.29 is 24.5 Å². The zero-order valence-corrected chi connectivity index (χ0v) is 11.3. The van der Waals surface area contributed by atoms with E-state index in [1.54, 1.807) is 12.1 Å². The lowest BCUT2D eigenvalue weighted by atomic mass is 10.1. The van der Waals surface area contributed by atoms with Crippen LogP contribution in [0.3, 0.4) is 0 Å². The number of hydrogen-bond donors (Lipinski definition) is 2. The molecule has 2 N–H and O–H groups in total. The van der Waals surface area contributed by atoms with Crippen molar-refractivity contribution in [1.82, 2.24) is 9.88 Å². The van der Waals surface area contributed by atoms with E-state index in [1.165, 1.54) is 17.2 Å². The Balaban J connectivity index is 2.28. The van der Waals surface area contributed by atoms with Crippen LogP contribution < -0.4 is 0 Å². The summed E-state index contributed by atoms with van der Waals surface area (Å²) in [6.45, 7) is 0.840. The molecule has 1 aromatic rings. The van der Waals surface area contributed by atoms with Crippen LogP contribution in [0, 0.1) is 0 Å². The average Bonchev–Trinajstić information content (AvgIpc) is 2.52. The van der Waals surface area contributed by atoms with Crippen molar-refractivity contribution >= 4 is 18.0 Å². The number of carbonyl (C=O) groups excluding carboxylic acids is 1. The van der Waals surface area contributed by atoms with E-state index in [4.69, 9.17) is 9.84 Å². The van der Waals surface area contributed by atoms with Crippen LogP contribution in [0.5, 0.6) is 0 Å². The highest BCUT2D eigenvalue weighted by atomic mass is 16.5. The van der Waals surface area contributed by atoms with Crippen LogP contribution in [-0.4, -0.2) is 64.4 Å². The summed E-state index contributed by atoms with van der Waals surface area (Å²) < 4.78 is 5.23. The SMILES string of the molecule is O=C(O)/C=C/c1cccnc1C(=O)N1CCOCC1CO. The third-order valence-corrected chi connectivity index (χ3v) is 3.15. The van der Waals surface area contributed by atoms with Gasteiger partial charge in [-0.05, 0) is 12.1 Å². The zero-order valence-electron chi connectivity index (χ0n) is 11.3. The Bertz CT molecular complexity index is 558. The van der Waals surface area contributed by atoms with E-state index in [0.717, 1.165) is 6.08 Å². The van der Waals surface area contributed by atoms with Gasteiger partial charge in [0.1, 0.15) is 5.69 Å². The third kappa shape index (κ3) is 3.65. The maximum absolute atomic E-state index is 12.5. The molecule has 2 heterocycles. The van der Waals surface area contributed by atoms with Gasteiger partial charge in [0.25, 0.3) is 5.91 Å². The predicted octanol–water partition coefficient (Wildman–Crippen LogP) is 0.0127. The van der Waals surface area contributed by atoms with E-state index >= 15 is 0 Å². The lowest BCUT2D eigenvalue weighted by molar-refractivity contribution is -0.131. The summed E-state index contributed by atoms with van der Waals surface area (Å²) >= 11 is 0. The fourth-order valence-electron chi connectivity index (χ4n) is 2.10. The molecule has 1 fully saturated rings. The second kappa shape index (κ2) is 6.96. The second-order valence-corrected chi connectivity index (χ2v) is 4.52. The first-order chi connectivity index (χ1) is 10.1. The van der Waals surface area contributed by atoms with Crippen LogP contribution in [-0.2, 0) is 9.53 Å². The number of aliphatic carboxylic acids is 1. The molecule has 1 atom stereocenters. The Morgan fingerprint density at radius 2 is 2.33 bits per heavy atom. The fourth-order valence-corrected chi connectivity index (χ4v) is 2.10. The van der Waals surface area contributed by atoms with E-state index in [-0.39, 0.29) is 24.8 Å². The maximum Gasteiger partial charge on any atom is 0.328 e. The molecular weight excluding hydrogens is 276 g/mol. The highest BCUT2D eigenvalue weighted by Gasteiger charge is 2.29. The van der Waals surface area contributed by atoms with Crippen LogP contribution in [0.15, 0.2) is 24.4 Å². The average molecular weight is 292 g/mol. The summed E-state index contributed by atoms with van der Waals surface area (Å²) in [5, 5.41) is 18.0. The standard InChI is InChI=1S/C14H16N2O5/c17-8-11-9-21-7-6-16(11)14(20)13-10(2-1-5-15-13)3-4-12(18)19/h1-5,11,17H,6-9H2,(H,18,19)/b4-3+. The van der Waals surface area contributed by atoms with Gasteiger partial charge in [-0.2, -0.15) is 0 Å². The summed E-state index contributed by atoms with van der Waals surface area (Å²) in [7, 11) is 0. The minimum Gasteiger partial charge on any atom is -0.478 e. The lowest BCUT2D eigenvalue weighted by Gasteiger charge is -2.34. The monoisotopic (exact) mass is 292 g/mol. The van der Waals surface area contributed by atoms with Gasteiger partial charge in [0, 0.05) is 24.4 Å². The Hall–Kier alpha value is -2.25. The lowest BCUT2D eigenvalue weighted by Crippen LogP contribution is -2.50. The van der Waals surface area contributed by atoms with Gasteiger partial charge >= 0.3 is 5.97 Å². The molecule has 1 aliphatic rings. The van der Waals surface area contributed by atoms with Crippen molar-refractivity contribution in [3.8, 4) is 0 Å². The van der Waals surface area contributed by atoms with Gasteiger partial charge in [-0.1, -0.05) is 6.07 Å². The van der Waals surface area contributed by atoms with Crippen molar-refractivity contribution in [3.63, 3.8) is 0 Å². The molecular formula is C14H16N2O5. The summed E-state index contributed by atoms with van der Waals surface area (Å²) in [6.07, 6.45) is 3.76. The molecule has 1 saturated heterocycles. The van der Waals surface area contributed by atoms with Crippen LogP contribution >= 0.6 is 0 Å². The van der Waals surface area contributed by atoms with E-state index in [1.807, 2.05) is 0 Å². The molecule has 0 radical (unpaired) electrons. The molecule has 1 aliphatic heterocycles. The van der Waals surface area contributed by atoms with Crippen LogP contribution in [0.2, 0.25) is 0 Å². The first kappa shape index (κ1) is 15.1. The highest BCUT2D eigenvalue weighted by molar-refractivity contribution is 5.97. The van der Waals surface area contributed by atoms with Crippen molar-refractivity contribution in [1.29, 1.82) is 0 Å². The Kier molecular flexibility index (Phi) is 5.02. The molecule has 1 aromatic heterocycles. The number of ether oxygens (including phenoxy) is 1. The summed E-state index contributed by atoms with van der Waals surface area (Å²) in [4.78, 5) is 28.7. The van der Waals surface area contributed by atoms with Crippen LogP contribution in [0.1, 0.15) is 16.1 Å². The van der Waals surface area contributed by atoms with Gasteiger partial charge < -0.3 is 19.8 Å². The molecule has 112 valence electrons. The summed E-state index contributed by atoms with van der Waals surface area (Å²) in [5.74, 6) is -1.44. The number of hydrogen-bond acceptors (Lipinski definition) is 5. The number of pyridine rings is 1. The summed E-state index contributed by atoms with van der Waals surface area (Å²) in [5.41, 5.74) is 0.587. The summed E-state index contributed by atoms with van der Waals surface area (Å²) in [6, 6.07) is 2.83. The van der Waals surface area contributed by atoms with E-state index in [0.29, 0.717) is 18.7 Å². The number of aliphatic hydroxyl groups excluding tert-OH is 1. The molecule has 0 aromatic carbocycles. The van der Waals surface area contributed by atoms with E-state index < -0.39 is 12.0 Å². The fraction of sp³-hybridized carbons (Fsp3) is 0.357. The molecule has 1 unspecified atom stereocenters. The van der Waals surface area contributed by atoms with E-state index in [9.17, 15) is 14.7 Å². The molecule has 0 aliphatic carbocycles. The number of amides is 1. The molecule has 0 spiro atoms. The van der Waals surface area contributed by atoms with Crippen molar-refractivity contribution in [3.05, 3.63) is 35.7 Å². The largest absolute Gasteiger partial charge is 0.478 e. The van der Waals surface area contributed by atoms with Crippen molar-refractivity contribution in [2.45, 2.75) is 6.04 Å². The molecule has 1 amide bonds. The minimum absolute atomic E-state index is 0.162. The van der Waals surface area contributed by atoms with Crippen LogP contribution in [0.4, 0.5) is 0 Å². The molecule has 2 rings (SSSR count). The third-order valence-electron chi connectivity index (χ3n) is 3.15. The Morgan fingerprint density at radius 3 is 3.05 bits per heavy atom. The van der Waals surface area contributed by atoms with Gasteiger partial charge in [-0.25, -0.2) is 4.79 Å². The maximum atomic E-state index is 12.5. The van der Waals surface area contributed by atoms with Gasteiger partial charge in [0.05, 0.1) is 25.9 Å².